The molecule has 1 aromatic carbocycles. The van der Waals surface area contributed by atoms with Crippen LogP contribution < -0.4 is 20.5 Å². The summed E-state index contributed by atoms with van der Waals surface area (Å²) in [6, 6.07) is 5.37. The number of guanidine groups is 1. The topological polar surface area (TPSA) is 106 Å². The molecule has 26 heavy (non-hydrogen) atoms. The van der Waals surface area contributed by atoms with Crippen LogP contribution in [0, 0.1) is 0 Å². The van der Waals surface area contributed by atoms with Crippen LogP contribution in [0.25, 0.3) is 0 Å². The third-order valence-corrected chi connectivity index (χ3v) is 5.57. The lowest BCUT2D eigenvalue weighted by Gasteiger charge is -2.20. The normalized spacial score (nSPS) is 21.0. The van der Waals surface area contributed by atoms with Crippen LogP contribution in [-0.4, -0.2) is 57.3 Å². The standard InChI is InChI=1S/C16H24N4O4S.HI/c1-25(21,22)20-7-2-4-13(20)11-18-16(17)19-12-5-6-14-15(10-12)24-9-3-8-23-14;/h5-6,10,13H,2-4,7-9,11H2,1H3,(H3,17,18,19);1H/t13-;/m1./s1. The van der Waals surface area contributed by atoms with E-state index >= 15 is 0 Å². The number of rotatable bonds is 4. The van der Waals surface area contributed by atoms with E-state index in [0.29, 0.717) is 37.8 Å². The van der Waals surface area contributed by atoms with Crippen molar-refractivity contribution < 1.29 is 17.9 Å². The first-order valence-corrected chi connectivity index (χ1v) is 10.2. The first-order valence-electron chi connectivity index (χ1n) is 8.37. The second kappa shape index (κ2) is 9.09. The maximum absolute atomic E-state index is 11.7. The number of hydrogen-bond acceptors (Lipinski definition) is 5. The van der Waals surface area contributed by atoms with E-state index in [9.17, 15) is 8.42 Å². The molecular weight excluding hydrogens is 471 g/mol. The summed E-state index contributed by atoms with van der Waals surface area (Å²) >= 11 is 0. The van der Waals surface area contributed by atoms with Crippen molar-refractivity contribution in [3.8, 4) is 11.5 Å². The molecule has 1 aromatic rings. The van der Waals surface area contributed by atoms with E-state index in [-0.39, 0.29) is 36.0 Å². The fourth-order valence-electron chi connectivity index (χ4n) is 3.06. The number of aliphatic imine (C=N–C) groups is 1. The van der Waals surface area contributed by atoms with Crippen molar-refractivity contribution >= 4 is 45.6 Å². The van der Waals surface area contributed by atoms with Gasteiger partial charge < -0.3 is 20.5 Å². The summed E-state index contributed by atoms with van der Waals surface area (Å²) in [5, 5.41) is 3.01. The molecular formula is C16H25IN4O4S. The van der Waals surface area contributed by atoms with Crippen molar-refractivity contribution in [2.45, 2.75) is 25.3 Å². The highest BCUT2D eigenvalue weighted by molar-refractivity contribution is 14.0. The van der Waals surface area contributed by atoms with Gasteiger partial charge in [-0.15, -0.1) is 24.0 Å². The molecule has 0 radical (unpaired) electrons. The number of nitrogens with two attached hydrogens (primary N) is 1. The second-order valence-electron chi connectivity index (χ2n) is 6.23. The molecule has 8 nitrogen and oxygen atoms in total. The van der Waals surface area contributed by atoms with Gasteiger partial charge in [0.15, 0.2) is 17.5 Å². The zero-order chi connectivity index (χ0) is 17.9. The van der Waals surface area contributed by atoms with Crippen LogP contribution in [0.3, 0.4) is 0 Å². The van der Waals surface area contributed by atoms with Gasteiger partial charge in [-0.25, -0.2) is 8.42 Å². The van der Waals surface area contributed by atoms with Gasteiger partial charge in [0.1, 0.15) is 0 Å². The summed E-state index contributed by atoms with van der Waals surface area (Å²) < 4.78 is 36.2. The zero-order valence-electron chi connectivity index (χ0n) is 14.7. The van der Waals surface area contributed by atoms with Crippen LogP contribution in [-0.2, 0) is 10.0 Å². The van der Waals surface area contributed by atoms with Crippen LogP contribution in [0.2, 0.25) is 0 Å². The summed E-state index contributed by atoms with van der Waals surface area (Å²) in [6.07, 6.45) is 3.73. The Morgan fingerprint density at radius 2 is 2.04 bits per heavy atom. The quantitative estimate of drug-likeness (QED) is 0.373. The lowest BCUT2D eigenvalue weighted by Crippen LogP contribution is -2.37. The Hall–Kier alpha value is -1.27. The molecule has 2 aliphatic rings. The summed E-state index contributed by atoms with van der Waals surface area (Å²) in [5.74, 6) is 1.64. The van der Waals surface area contributed by atoms with E-state index in [0.717, 1.165) is 24.9 Å². The monoisotopic (exact) mass is 496 g/mol. The number of nitrogens with one attached hydrogen (secondary N) is 1. The maximum atomic E-state index is 11.7. The number of fused-ring (bicyclic) bond motifs is 1. The van der Waals surface area contributed by atoms with Crippen LogP contribution >= 0.6 is 24.0 Å². The molecule has 0 unspecified atom stereocenters. The lowest BCUT2D eigenvalue weighted by molar-refractivity contribution is 0.297. The minimum Gasteiger partial charge on any atom is -0.490 e. The Morgan fingerprint density at radius 1 is 1.31 bits per heavy atom. The first kappa shape index (κ1) is 21.0. The molecule has 0 bridgehead atoms. The fourth-order valence-corrected chi connectivity index (χ4v) is 4.23. The summed E-state index contributed by atoms with van der Waals surface area (Å²) in [6.45, 7) is 2.15. The Morgan fingerprint density at radius 3 is 2.77 bits per heavy atom. The number of anilines is 1. The van der Waals surface area contributed by atoms with Gasteiger partial charge in [0.05, 0.1) is 26.0 Å². The molecule has 0 aliphatic carbocycles. The Balaban J connectivity index is 0.00000243. The van der Waals surface area contributed by atoms with Crippen molar-refractivity contribution in [3.63, 3.8) is 0 Å². The predicted molar refractivity (Wildman–Crippen MR) is 112 cm³/mol. The number of hydrogen-bond donors (Lipinski definition) is 2. The van der Waals surface area contributed by atoms with Gasteiger partial charge >= 0.3 is 0 Å². The number of ether oxygens (including phenoxy) is 2. The van der Waals surface area contributed by atoms with Crippen molar-refractivity contribution in [2.24, 2.45) is 10.7 Å². The second-order valence-corrected chi connectivity index (χ2v) is 8.17. The van der Waals surface area contributed by atoms with Gasteiger partial charge in [-0.3, -0.25) is 4.99 Å². The molecule has 0 saturated carbocycles. The third-order valence-electron chi connectivity index (χ3n) is 4.24. The van der Waals surface area contributed by atoms with Gasteiger partial charge in [0, 0.05) is 30.8 Å². The van der Waals surface area contributed by atoms with Gasteiger partial charge in [0.2, 0.25) is 10.0 Å². The average Bonchev–Trinajstić information content (AvgIpc) is 2.92. The van der Waals surface area contributed by atoms with Crippen LogP contribution in [0.5, 0.6) is 11.5 Å². The maximum Gasteiger partial charge on any atom is 0.211 e. The van der Waals surface area contributed by atoms with Crippen LogP contribution in [0.15, 0.2) is 23.2 Å². The van der Waals surface area contributed by atoms with Gasteiger partial charge in [0.25, 0.3) is 0 Å². The molecule has 3 N–H and O–H groups in total. The number of sulfonamides is 1. The van der Waals surface area contributed by atoms with E-state index in [4.69, 9.17) is 15.2 Å². The molecule has 1 fully saturated rings. The highest BCUT2D eigenvalue weighted by Gasteiger charge is 2.31. The van der Waals surface area contributed by atoms with Crippen molar-refractivity contribution in [1.29, 1.82) is 0 Å². The SMILES string of the molecule is CS(=O)(=O)N1CCC[C@@H]1CN=C(N)Nc1ccc2c(c1)OCCCO2.I. The minimum absolute atomic E-state index is 0. The van der Waals surface area contributed by atoms with Crippen molar-refractivity contribution in [1.82, 2.24) is 4.31 Å². The molecule has 1 saturated heterocycles. The highest BCUT2D eigenvalue weighted by atomic mass is 127. The number of benzene rings is 1. The van der Waals surface area contributed by atoms with E-state index in [1.165, 1.54) is 10.6 Å². The van der Waals surface area contributed by atoms with Gasteiger partial charge in [-0.05, 0) is 25.0 Å². The molecule has 0 spiro atoms. The van der Waals surface area contributed by atoms with E-state index in [1.807, 2.05) is 18.2 Å². The van der Waals surface area contributed by atoms with E-state index in [2.05, 4.69) is 10.3 Å². The Labute approximate surface area is 171 Å². The summed E-state index contributed by atoms with van der Waals surface area (Å²) in [4.78, 5) is 4.30. The number of nitrogens with zero attached hydrogens (tertiary/aromatic N) is 2. The predicted octanol–water partition coefficient (Wildman–Crippen LogP) is 1.62. The number of halogens is 1. The molecule has 1 atom stereocenters. The Kier molecular flexibility index (Phi) is 7.35. The zero-order valence-corrected chi connectivity index (χ0v) is 17.8. The van der Waals surface area contributed by atoms with Crippen LogP contribution in [0.4, 0.5) is 5.69 Å². The summed E-state index contributed by atoms with van der Waals surface area (Å²) in [5.41, 5.74) is 6.69. The average molecular weight is 496 g/mol. The third kappa shape index (κ3) is 5.36. The Bertz CT molecular complexity index is 757. The molecule has 146 valence electrons. The molecule has 2 heterocycles. The van der Waals surface area contributed by atoms with Gasteiger partial charge in [-0.2, -0.15) is 4.31 Å². The van der Waals surface area contributed by atoms with Crippen LogP contribution in [0.1, 0.15) is 19.3 Å². The molecule has 0 aromatic heterocycles. The van der Waals surface area contributed by atoms with E-state index in [1.54, 1.807) is 0 Å². The molecule has 10 heteroatoms. The van der Waals surface area contributed by atoms with Crippen molar-refractivity contribution in [2.75, 3.05) is 37.9 Å². The van der Waals surface area contributed by atoms with Gasteiger partial charge in [-0.1, -0.05) is 0 Å². The fraction of sp³-hybridized carbons (Fsp3) is 0.562. The summed E-state index contributed by atoms with van der Waals surface area (Å²) in [7, 11) is -3.20. The largest absolute Gasteiger partial charge is 0.490 e. The lowest BCUT2D eigenvalue weighted by atomic mass is 10.2. The minimum atomic E-state index is -3.20. The van der Waals surface area contributed by atoms with Crippen molar-refractivity contribution in [3.05, 3.63) is 18.2 Å². The molecule has 2 aliphatic heterocycles. The van der Waals surface area contributed by atoms with E-state index < -0.39 is 10.0 Å². The smallest absolute Gasteiger partial charge is 0.211 e. The molecule has 0 amide bonds. The highest BCUT2D eigenvalue weighted by Crippen LogP contribution is 2.32. The first-order chi connectivity index (χ1) is 11.9. The molecule has 3 rings (SSSR count).